The third-order valence-corrected chi connectivity index (χ3v) is 2.13. The Bertz CT molecular complexity index is 543. The van der Waals surface area contributed by atoms with E-state index in [1.807, 2.05) is 0 Å². The van der Waals surface area contributed by atoms with E-state index in [0.717, 1.165) is 18.2 Å². The van der Waals surface area contributed by atoms with Gasteiger partial charge in [0.25, 0.3) is 5.91 Å². The van der Waals surface area contributed by atoms with Gasteiger partial charge in [0.15, 0.2) is 18.2 Å². The van der Waals surface area contributed by atoms with E-state index in [-0.39, 0.29) is 11.4 Å². The molecule has 7 heteroatoms. The molecular weight excluding hydrogens is 272 g/mol. The van der Waals surface area contributed by atoms with Crippen LogP contribution in [0.4, 0.5) is 8.78 Å². The minimum Gasteiger partial charge on any atom is -0.484 e. The van der Waals surface area contributed by atoms with E-state index in [0.29, 0.717) is 0 Å². The summed E-state index contributed by atoms with van der Waals surface area (Å²) in [5.74, 6) is -3.20. The second kappa shape index (κ2) is 7.22. The highest BCUT2D eigenvalue weighted by molar-refractivity contribution is 5.85. The van der Waals surface area contributed by atoms with Crippen molar-refractivity contribution in [2.75, 3.05) is 13.7 Å². The molecule has 0 atom stereocenters. The molecule has 1 aromatic rings. The van der Waals surface area contributed by atoms with Gasteiger partial charge in [0.05, 0.1) is 7.11 Å². The van der Waals surface area contributed by atoms with Crippen molar-refractivity contribution in [1.29, 1.82) is 0 Å². The number of rotatable bonds is 5. The summed E-state index contributed by atoms with van der Waals surface area (Å²) in [6.07, 6.45) is 1.09. The molecule has 0 aliphatic heterocycles. The summed E-state index contributed by atoms with van der Waals surface area (Å²) in [7, 11) is 1.21. The van der Waals surface area contributed by atoms with Crippen LogP contribution in [0.5, 0.6) is 5.75 Å². The van der Waals surface area contributed by atoms with Gasteiger partial charge >= 0.3 is 5.97 Å². The molecule has 0 unspecified atom stereocenters. The number of amides is 1. The molecule has 1 aromatic carbocycles. The highest BCUT2D eigenvalue weighted by Gasteiger charge is 2.07. The van der Waals surface area contributed by atoms with Gasteiger partial charge in [-0.15, -0.1) is 0 Å². The van der Waals surface area contributed by atoms with Crippen molar-refractivity contribution in [3.63, 3.8) is 0 Å². The molecule has 0 heterocycles. The molecule has 1 rings (SSSR count). The second-order valence-electron chi connectivity index (χ2n) is 3.76. The Labute approximate surface area is 114 Å². The van der Waals surface area contributed by atoms with Crippen LogP contribution >= 0.6 is 0 Å². The van der Waals surface area contributed by atoms with Crippen LogP contribution in [0.2, 0.25) is 0 Å². The molecule has 0 bridgehead atoms. The van der Waals surface area contributed by atoms with E-state index in [1.54, 1.807) is 0 Å². The largest absolute Gasteiger partial charge is 0.484 e. The van der Waals surface area contributed by atoms with Crippen molar-refractivity contribution in [2.45, 2.75) is 6.92 Å². The van der Waals surface area contributed by atoms with E-state index in [4.69, 9.17) is 4.74 Å². The average Bonchev–Trinajstić information content (AvgIpc) is 2.39. The Morgan fingerprint density at radius 1 is 1.30 bits per heavy atom. The Morgan fingerprint density at radius 2 is 2.00 bits per heavy atom. The summed E-state index contributed by atoms with van der Waals surface area (Å²) >= 11 is 0. The van der Waals surface area contributed by atoms with Crippen LogP contribution in [-0.2, 0) is 14.3 Å². The molecule has 108 valence electrons. The van der Waals surface area contributed by atoms with Crippen LogP contribution in [0.15, 0.2) is 30.0 Å². The number of carbonyl (C=O) groups excluding carboxylic acids is 2. The van der Waals surface area contributed by atoms with Gasteiger partial charge in [-0.2, -0.15) is 0 Å². The summed E-state index contributed by atoms with van der Waals surface area (Å²) in [6.45, 7) is 1.09. The highest BCUT2D eigenvalue weighted by atomic mass is 19.2. The fourth-order valence-electron chi connectivity index (χ4n) is 1.24. The lowest BCUT2D eigenvalue weighted by Crippen LogP contribution is -2.27. The van der Waals surface area contributed by atoms with Gasteiger partial charge in [0.1, 0.15) is 5.75 Å². The standard InChI is InChI=1S/C13H13F2NO4/c1-8(5-13(18)19-2)16-12(17)7-20-9-3-4-10(14)11(15)6-9/h3-6H,7H2,1-2H3,(H,16,17)/b8-5-. The van der Waals surface area contributed by atoms with Crippen molar-refractivity contribution >= 4 is 11.9 Å². The van der Waals surface area contributed by atoms with Gasteiger partial charge in [-0.05, 0) is 19.1 Å². The van der Waals surface area contributed by atoms with Crippen molar-refractivity contribution < 1.29 is 27.8 Å². The number of benzene rings is 1. The molecule has 1 N–H and O–H groups in total. The molecule has 0 saturated carbocycles. The summed E-state index contributed by atoms with van der Waals surface area (Å²) in [5, 5.41) is 2.37. The van der Waals surface area contributed by atoms with E-state index < -0.39 is 30.1 Å². The van der Waals surface area contributed by atoms with Crippen LogP contribution in [0.25, 0.3) is 0 Å². The predicted molar refractivity (Wildman–Crippen MR) is 65.8 cm³/mol. The molecule has 20 heavy (non-hydrogen) atoms. The van der Waals surface area contributed by atoms with Crippen LogP contribution < -0.4 is 10.1 Å². The maximum Gasteiger partial charge on any atom is 0.332 e. The lowest BCUT2D eigenvalue weighted by Gasteiger charge is -2.07. The lowest BCUT2D eigenvalue weighted by molar-refractivity contribution is -0.134. The molecule has 0 saturated heterocycles. The fourth-order valence-corrected chi connectivity index (χ4v) is 1.24. The fraction of sp³-hybridized carbons (Fsp3) is 0.231. The Hall–Kier alpha value is -2.44. The van der Waals surface area contributed by atoms with Gasteiger partial charge in [-0.1, -0.05) is 0 Å². The maximum absolute atomic E-state index is 12.9. The molecule has 0 fully saturated rings. The summed E-state index contributed by atoms with van der Waals surface area (Å²) in [6, 6.07) is 2.92. The number of ether oxygens (including phenoxy) is 2. The second-order valence-corrected chi connectivity index (χ2v) is 3.76. The molecule has 0 aliphatic carbocycles. The number of hydrogen-bond acceptors (Lipinski definition) is 4. The molecular formula is C13H13F2NO4. The third-order valence-electron chi connectivity index (χ3n) is 2.13. The number of methoxy groups -OCH3 is 1. The van der Waals surface area contributed by atoms with Gasteiger partial charge in [0.2, 0.25) is 0 Å². The number of hydrogen-bond donors (Lipinski definition) is 1. The summed E-state index contributed by atoms with van der Waals surface area (Å²) < 4.78 is 34.9. The van der Waals surface area contributed by atoms with Gasteiger partial charge in [-0.25, -0.2) is 13.6 Å². The lowest BCUT2D eigenvalue weighted by atomic mass is 10.3. The van der Waals surface area contributed by atoms with Crippen molar-refractivity contribution in [2.24, 2.45) is 0 Å². The number of allylic oxidation sites excluding steroid dienone is 1. The zero-order chi connectivity index (χ0) is 15.1. The smallest absolute Gasteiger partial charge is 0.332 e. The number of halogens is 2. The summed E-state index contributed by atoms with van der Waals surface area (Å²) in [4.78, 5) is 22.3. The van der Waals surface area contributed by atoms with E-state index in [1.165, 1.54) is 20.1 Å². The topological polar surface area (TPSA) is 64.6 Å². The Morgan fingerprint density at radius 3 is 2.60 bits per heavy atom. The van der Waals surface area contributed by atoms with Crippen molar-refractivity contribution in [1.82, 2.24) is 5.32 Å². The van der Waals surface area contributed by atoms with Crippen molar-refractivity contribution in [3.8, 4) is 5.75 Å². The third kappa shape index (κ3) is 5.05. The van der Waals surface area contributed by atoms with E-state index in [2.05, 4.69) is 10.1 Å². The first-order chi connectivity index (χ1) is 9.42. The highest BCUT2D eigenvalue weighted by Crippen LogP contribution is 2.15. The Balaban J connectivity index is 2.49. The van der Waals surface area contributed by atoms with Gasteiger partial charge in [-0.3, -0.25) is 4.79 Å². The van der Waals surface area contributed by atoms with Gasteiger partial charge in [0, 0.05) is 17.8 Å². The molecule has 0 radical (unpaired) electrons. The number of esters is 1. The first kappa shape index (κ1) is 15.6. The summed E-state index contributed by atoms with van der Waals surface area (Å²) in [5.41, 5.74) is 0.274. The average molecular weight is 285 g/mol. The SMILES string of the molecule is COC(=O)/C=C(/C)NC(=O)COc1ccc(F)c(F)c1. The maximum atomic E-state index is 12.9. The zero-order valence-electron chi connectivity index (χ0n) is 10.9. The molecule has 5 nitrogen and oxygen atoms in total. The normalized spacial score (nSPS) is 10.9. The number of nitrogens with one attached hydrogen (secondary N) is 1. The molecule has 0 spiro atoms. The monoisotopic (exact) mass is 285 g/mol. The Kier molecular flexibility index (Phi) is 5.64. The van der Waals surface area contributed by atoms with E-state index in [9.17, 15) is 18.4 Å². The first-order valence-corrected chi connectivity index (χ1v) is 5.56. The molecule has 0 aromatic heterocycles. The van der Waals surface area contributed by atoms with Gasteiger partial charge < -0.3 is 14.8 Å². The zero-order valence-corrected chi connectivity index (χ0v) is 10.9. The van der Waals surface area contributed by atoms with Crippen molar-refractivity contribution in [3.05, 3.63) is 41.6 Å². The van der Waals surface area contributed by atoms with Crippen LogP contribution in [0.1, 0.15) is 6.92 Å². The molecule has 0 aliphatic rings. The quantitative estimate of drug-likeness (QED) is 0.658. The predicted octanol–water partition coefficient (Wildman–Crippen LogP) is 1.54. The van der Waals surface area contributed by atoms with Crippen LogP contribution in [0.3, 0.4) is 0 Å². The minimum absolute atomic E-state index is 0.0219. The number of carbonyl (C=O) groups is 2. The minimum atomic E-state index is -1.07. The first-order valence-electron chi connectivity index (χ1n) is 5.56. The van der Waals surface area contributed by atoms with Crippen LogP contribution in [0, 0.1) is 11.6 Å². The van der Waals surface area contributed by atoms with E-state index >= 15 is 0 Å². The molecule has 1 amide bonds. The van der Waals surface area contributed by atoms with Crippen LogP contribution in [-0.4, -0.2) is 25.6 Å².